The average Bonchev–Trinajstić information content (AvgIpc) is 2.41. The molecule has 0 aliphatic heterocycles. The molecule has 130 valence electrons. The van der Waals surface area contributed by atoms with Gasteiger partial charge in [-0.15, -0.1) is 0 Å². The Kier molecular flexibility index (Phi) is 7.67. The first-order chi connectivity index (χ1) is 10.2. The van der Waals surface area contributed by atoms with E-state index < -0.39 is 5.60 Å². The van der Waals surface area contributed by atoms with E-state index in [4.69, 9.17) is 4.74 Å². The van der Waals surface area contributed by atoms with Crippen molar-refractivity contribution in [3.8, 4) is 0 Å². The number of hydrogen-bond donors (Lipinski definition) is 2. The van der Waals surface area contributed by atoms with Gasteiger partial charge in [-0.05, 0) is 51.9 Å². The highest BCUT2D eigenvalue weighted by atomic mass is 16.6. The van der Waals surface area contributed by atoms with E-state index in [1.807, 2.05) is 20.8 Å². The predicted molar refractivity (Wildman–Crippen MR) is 92.0 cm³/mol. The van der Waals surface area contributed by atoms with E-state index in [-0.39, 0.29) is 12.1 Å². The molecule has 0 spiro atoms. The first-order valence-electron chi connectivity index (χ1n) is 8.95. The van der Waals surface area contributed by atoms with Crippen LogP contribution in [-0.4, -0.2) is 30.3 Å². The normalized spacial score (nSPS) is 24.1. The van der Waals surface area contributed by atoms with Crippen molar-refractivity contribution in [1.29, 1.82) is 0 Å². The molecule has 1 aliphatic rings. The summed E-state index contributed by atoms with van der Waals surface area (Å²) < 4.78 is 5.34. The summed E-state index contributed by atoms with van der Waals surface area (Å²) in [5.74, 6) is 1.48. The molecule has 1 saturated carbocycles. The van der Waals surface area contributed by atoms with Crippen LogP contribution in [0.15, 0.2) is 0 Å². The highest BCUT2D eigenvalue weighted by Crippen LogP contribution is 2.30. The fourth-order valence-corrected chi connectivity index (χ4v) is 3.28. The van der Waals surface area contributed by atoms with Gasteiger partial charge in [-0.2, -0.15) is 0 Å². The van der Waals surface area contributed by atoms with Gasteiger partial charge >= 0.3 is 6.09 Å². The highest BCUT2D eigenvalue weighted by molar-refractivity contribution is 5.68. The second kappa shape index (κ2) is 8.76. The molecule has 1 fully saturated rings. The van der Waals surface area contributed by atoms with Crippen LogP contribution in [0.3, 0.4) is 0 Å². The van der Waals surface area contributed by atoms with E-state index in [1.165, 1.54) is 25.7 Å². The minimum atomic E-state index is -0.443. The molecule has 0 radical (unpaired) electrons. The third-order valence-corrected chi connectivity index (χ3v) is 4.52. The van der Waals surface area contributed by atoms with Gasteiger partial charge < -0.3 is 15.4 Å². The molecule has 0 aromatic carbocycles. The number of ether oxygens (including phenoxy) is 1. The molecule has 3 unspecified atom stereocenters. The van der Waals surface area contributed by atoms with E-state index in [0.29, 0.717) is 6.04 Å². The maximum absolute atomic E-state index is 11.9. The van der Waals surface area contributed by atoms with Gasteiger partial charge in [0.15, 0.2) is 0 Å². The number of carbonyl (C=O) groups is 1. The van der Waals surface area contributed by atoms with Crippen molar-refractivity contribution < 1.29 is 9.53 Å². The van der Waals surface area contributed by atoms with Gasteiger partial charge in [-0.3, -0.25) is 0 Å². The van der Waals surface area contributed by atoms with E-state index in [0.717, 1.165) is 24.8 Å². The molecule has 4 nitrogen and oxygen atoms in total. The maximum Gasteiger partial charge on any atom is 0.407 e. The Morgan fingerprint density at radius 2 is 1.86 bits per heavy atom. The molecule has 2 N–H and O–H groups in total. The van der Waals surface area contributed by atoms with Gasteiger partial charge in [-0.25, -0.2) is 4.79 Å². The van der Waals surface area contributed by atoms with E-state index in [9.17, 15) is 4.79 Å². The minimum Gasteiger partial charge on any atom is -0.444 e. The monoisotopic (exact) mass is 312 g/mol. The third kappa shape index (κ3) is 6.99. The number of amides is 1. The summed E-state index contributed by atoms with van der Waals surface area (Å²) in [5.41, 5.74) is -0.443. The standard InChI is InChI=1S/C18H36N2O2/c1-7-14(20-17(21)22-18(4,5)6)12-19-16-11-9-8-10-15(16)13(2)3/h13-16,19H,7-12H2,1-6H3,(H,20,21). The molecule has 1 aliphatic carbocycles. The number of carbonyl (C=O) groups excluding carboxylic acids is 1. The topological polar surface area (TPSA) is 50.4 Å². The van der Waals surface area contributed by atoms with Crippen molar-refractivity contribution in [2.45, 2.75) is 91.3 Å². The summed E-state index contributed by atoms with van der Waals surface area (Å²) in [4.78, 5) is 11.9. The highest BCUT2D eigenvalue weighted by Gasteiger charge is 2.28. The first-order valence-corrected chi connectivity index (χ1v) is 8.95. The number of hydrogen-bond acceptors (Lipinski definition) is 3. The summed E-state index contributed by atoms with van der Waals surface area (Å²) in [6.45, 7) is 13.2. The van der Waals surface area contributed by atoms with E-state index in [1.54, 1.807) is 0 Å². The summed E-state index contributed by atoms with van der Waals surface area (Å²) in [5, 5.41) is 6.69. The Labute approximate surface area is 136 Å². The lowest BCUT2D eigenvalue weighted by atomic mass is 9.78. The molecular formula is C18H36N2O2. The maximum atomic E-state index is 11.9. The molecule has 0 heterocycles. The lowest BCUT2D eigenvalue weighted by Crippen LogP contribution is -2.49. The Bertz CT molecular complexity index is 336. The Morgan fingerprint density at radius 1 is 1.23 bits per heavy atom. The molecule has 4 heteroatoms. The summed E-state index contributed by atoms with van der Waals surface area (Å²) in [7, 11) is 0. The second-order valence-corrected chi connectivity index (χ2v) is 7.96. The van der Waals surface area contributed by atoms with Gasteiger partial charge in [0.25, 0.3) is 0 Å². The number of alkyl carbamates (subject to hydrolysis) is 1. The third-order valence-electron chi connectivity index (χ3n) is 4.52. The van der Waals surface area contributed by atoms with Crippen LogP contribution in [-0.2, 0) is 4.74 Å². The summed E-state index contributed by atoms with van der Waals surface area (Å²) in [6.07, 6.45) is 5.85. The van der Waals surface area contributed by atoms with Crippen LogP contribution in [0.5, 0.6) is 0 Å². The smallest absolute Gasteiger partial charge is 0.407 e. The van der Waals surface area contributed by atoms with Gasteiger partial charge in [0, 0.05) is 18.6 Å². The average molecular weight is 312 g/mol. The zero-order valence-electron chi connectivity index (χ0n) is 15.4. The Balaban J connectivity index is 2.43. The largest absolute Gasteiger partial charge is 0.444 e. The SMILES string of the molecule is CCC(CNC1CCCCC1C(C)C)NC(=O)OC(C)(C)C. The van der Waals surface area contributed by atoms with Crippen molar-refractivity contribution in [2.24, 2.45) is 11.8 Å². The molecule has 1 rings (SSSR count). The Hall–Kier alpha value is -0.770. The van der Waals surface area contributed by atoms with Crippen LogP contribution in [0, 0.1) is 11.8 Å². The number of nitrogens with one attached hydrogen (secondary N) is 2. The molecular weight excluding hydrogens is 276 g/mol. The summed E-state index contributed by atoms with van der Waals surface area (Å²) >= 11 is 0. The lowest BCUT2D eigenvalue weighted by molar-refractivity contribution is 0.0500. The number of rotatable bonds is 6. The van der Waals surface area contributed by atoms with Crippen LogP contribution >= 0.6 is 0 Å². The van der Waals surface area contributed by atoms with Crippen LogP contribution in [0.25, 0.3) is 0 Å². The van der Waals surface area contributed by atoms with Crippen molar-refractivity contribution in [3.63, 3.8) is 0 Å². The van der Waals surface area contributed by atoms with Gasteiger partial charge in [-0.1, -0.05) is 33.6 Å². The molecule has 3 atom stereocenters. The van der Waals surface area contributed by atoms with Crippen LogP contribution in [0.2, 0.25) is 0 Å². The van der Waals surface area contributed by atoms with Crippen LogP contribution in [0.4, 0.5) is 4.79 Å². The summed E-state index contributed by atoms with van der Waals surface area (Å²) in [6, 6.07) is 0.716. The zero-order valence-corrected chi connectivity index (χ0v) is 15.4. The molecule has 0 aromatic heterocycles. The van der Waals surface area contributed by atoms with E-state index in [2.05, 4.69) is 31.4 Å². The van der Waals surface area contributed by atoms with Gasteiger partial charge in [0.1, 0.15) is 5.60 Å². The molecule has 1 amide bonds. The molecule has 0 aromatic rings. The van der Waals surface area contributed by atoms with Crippen LogP contribution in [0.1, 0.15) is 73.6 Å². The van der Waals surface area contributed by atoms with Gasteiger partial charge in [0.05, 0.1) is 0 Å². The minimum absolute atomic E-state index is 0.129. The fraction of sp³-hybridized carbons (Fsp3) is 0.944. The van der Waals surface area contributed by atoms with Gasteiger partial charge in [0.2, 0.25) is 0 Å². The zero-order chi connectivity index (χ0) is 16.8. The Morgan fingerprint density at radius 3 is 2.41 bits per heavy atom. The van der Waals surface area contributed by atoms with Crippen molar-refractivity contribution >= 4 is 6.09 Å². The quantitative estimate of drug-likeness (QED) is 0.776. The predicted octanol–water partition coefficient (Wildman–Crippen LogP) is 4.09. The van der Waals surface area contributed by atoms with E-state index >= 15 is 0 Å². The van der Waals surface area contributed by atoms with Crippen molar-refractivity contribution in [1.82, 2.24) is 10.6 Å². The lowest BCUT2D eigenvalue weighted by Gasteiger charge is -2.36. The fourth-order valence-electron chi connectivity index (χ4n) is 3.28. The first kappa shape index (κ1) is 19.3. The van der Waals surface area contributed by atoms with Crippen molar-refractivity contribution in [2.75, 3.05) is 6.54 Å². The van der Waals surface area contributed by atoms with Crippen molar-refractivity contribution in [3.05, 3.63) is 0 Å². The van der Waals surface area contributed by atoms with Crippen LogP contribution < -0.4 is 10.6 Å². The molecule has 0 saturated heterocycles. The second-order valence-electron chi connectivity index (χ2n) is 7.96. The molecule has 0 bridgehead atoms. The molecule has 22 heavy (non-hydrogen) atoms.